The van der Waals surface area contributed by atoms with Gasteiger partial charge in [-0.1, -0.05) is 54.4 Å². The van der Waals surface area contributed by atoms with Crippen molar-refractivity contribution in [3.8, 4) is 0 Å². The van der Waals surface area contributed by atoms with Gasteiger partial charge in [0.1, 0.15) is 66.5 Å². The molecule has 31 heteroatoms. The minimum atomic E-state index is -1.53. The number of carbonyl (C=O) groups excluding carboxylic acids is 12. The maximum absolute atomic E-state index is 14.9. The lowest BCUT2D eigenvalue weighted by Gasteiger charge is -2.34. The quantitative estimate of drug-likeness (QED) is 0.0275. The van der Waals surface area contributed by atoms with Crippen molar-refractivity contribution in [1.82, 2.24) is 56.8 Å². The van der Waals surface area contributed by atoms with E-state index in [1.54, 1.807) is 27.7 Å². The molecule has 31 nitrogen and oxygen atoms in total. The maximum Gasteiger partial charge on any atom is 0.326 e. The van der Waals surface area contributed by atoms with E-state index < -0.39 is 168 Å². The fourth-order valence-corrected chi connectivity index (χ4v) is 12.6. The first-order chi connectivity index (χ1) is 44.6. The number of carboxylic acid groups (broad SMARTS) is 1. The summed E-state index contributed by atoms with van der Waals surface area (Å²) in [4.78, 5) is 186. The number of unbranched alkanes of at least 4 members (excludes halogenated alkanes) is 3. The summed E-state index contributed by atoms with van der Waals surface area (Å²) in [5.41, 5.74) is 29.1. The van der Waals surface area contributed by atoms with Crippen LogP contribution in [0.2, 0.25) is 0 Å². The molecule has 0 aromatic rings. The number of hydrogen-bond donors (Lipinski definition) is 14. The van der Waals surface area contributed by atoms with Gasteiger partial charge in [0, 0.05) is 32.6 Å². The Kier molecular flexibility index (Phi) is 33.5. The van der Waals surface area contributed by atoms with E-state index in [2.05, 4.69) is 37.2 Å². The van der Waals surface area contributed by atoms with Gasteiger partial charge in [0.25, 0.3) is 0 Å². The second kappa shape index (κ2) is 39.7. The van der Waals surface area contributed by atoms with Crippen LogP contribution in [0.25, 0.3) is 0 Å². The summed E-state index contributed by atoms with van der Waals surface area (Å²) >= 11 is 0. The lowest BCUT2D eigenvalue weighted by Crippen LogP contribution is -2.61. The van der Waals surface area contributed by atoms with Crippen molar-refractivity contribution in [2.75, 3.05) is 52.4 Å². The SMILES string of the molecule is CC[C@H](C)[C@H](NC(=O)[C@H](CCC(N)=O)NC(=O)[C@H](CCCCN)NC(=O)[C@@H]1CCCN1C(=O)[C@@H](N)CCCCN)C(=O)N[C@@H](CCCCN)C(=O)N1CCC[C@H]1C(=O)N1CCC[C@H]1C(=O)N[C@@H](CC(C)C)C(=O)N1CCC[C@H]1C(=O)N[C@@H](CO)C(=O)N[C@H](C(=O)O)C(C)C. The van der Waals surface area contributed by atoms with Crippen LogP contribution in [0.1, 0.15) is 176 Å². The lowest BCUT2D eigenvalue weighted by atomic mass is 9.96. The minimum Gasteiger partial charge on any atom is -0.480 e. The molecule has 0 aromatic heterocycles. The van der Waals surface area contributed by atoms with Gasteiger partial charge in [0.2, 0.25) is 70.9 Å². The molecule has 13 atom stereocenters. The summed E-state index contributed by atoms with van der Waals surface area (Å²) in [6.45, 7) is 11.2. The fraction of sp³-hybridized carbons (Fsp3) is 0.794. The van der Waals surface area contributed by atoms with Crippen LogP contribution in [0, 0.1) is 17.8 Å². The van der Waals surface area contributed by atoms with Crippen molar-refractivity contribution < 1.29 is 72.5 Å². The first-order valence-corrected chi connectivity index (χ1v) is 34.0. The topological polar surface area (TPSA) is 490 Å². The van der Waals surface area contributed by atoms with E-state index in [-0.39, 0.29) is 96.6 Å². The van der Waals surface area contributed by atoms with Gasteiger partial charge in [-0.2, -0.15) is 0 Å². The zero-order chi connectivity index (χ0) is 69.9. The number of aliphatic carboxylic acids is 1. The predicted molar refractivity (Wildman–Crippen MR) is 346 cm³/mol. The van der Waals surface area contributed by atoms with E-state index >= 15 is 0 Å². The summed E-state index contributed by atoms with van der Waals surface area (Å²) < 4.78 is 0. The van der Waals surface area contributed by atoms with Crippen molar-refractivity contribution >= 4 is 76.9 Å². The standard InChI is InChI=1S/C63H110N16O15/c1-7-38(6)51(75-53(83)41(25-26-49(68)81)69-52(82)40(19-9-12-28-65)70-55(85)45-21-14-30-76(45)59(89)39(67)18-8-11-27-64)58(88)71-42(20-10-13-29-66)60(90)79-33-17-24-48(79)62(92)78-32-16-23-47(78)56(86)72-43(34-36(2)3)61(91)77-31-15-22-46(77)57(87)73-44(35-80)54(84)74-50(37(4)5)63(93)94/h36-48,50-51,80H,7-35,64-67H2,1-6H3,(H2,68,81)(H,69,82)(H,70,85)(H,71,88)(H,72,86)(H,73,87)(H,74,84)(H,75,83)(H,93,94)/t38-,39-,40-,41-,42-,43-,44-,45-,46-,47-,48-,50-,51-/m0/s1. The number of nitrogens with two attached hydrogens (primary N) is 5. The summed E-state index contributed by atoms with van der Waals surface area (Å²) in [5.74, 6) is -10.7. The van der Waals surface area contributed by atoms with Gasteiger partial charge in [-0.15, -0.1) is 0 Å². The van der Waals surface area contributed by atoms with Crippen molar-refractivity contribution in [3.05, 3.63) is 0 Å². The molecular formula is C63H110N16O15. The predicted octanol–water partition coefficient (Wildman–Crippen LogP) is -2.85. The molecule has 0 bridgehead atoms. The first kappa shape index (κ1) is 79.3. The molecule has 4 heterocycles. The van der Waals surface area contributed by atoms with Gasteiger partial charge in [-0.25, -0.2) is 4.79 Å². The van der Waals surface area contributed by atoms with Crippen LogP contribution < -0.4 is 65.9 Å². The number of carbonyl (C=O) groups is 13. The Labute approximate surface area is 552 Å². The highest BCUT2D eigenvalue weighted by Crippen LogP contribution is 2.28. The highest BCUT2D eigenvalue weighted by molar-refractivity contribution is 6.00. The second-order valence-corrected chi connectivity index (χ2v) is 26.3. The van der Waals surface area contributed by atoms with E-state index in [9.17, 15) is 72.5 Å². The number of rotatable bonds is 40. The van der Waals surface area contributed by atoms with Crippen LogP contribution in [0.15, 0.2) is 0 Å². The van der Waals surface area contributed by atoms with Crippen LogP contribution in [-0.2, 0) is 62.3 Å². The number of carboxylic acids is 1. The maximum atomic E-state index is 14.9. The average molecular weight is 1330 g/mol. The third kappa shape index (κ3) is 23.1. The lowest BCUT2D eigenvalue weighted by molar-refractivity contribution is -0.149. The number of aliphatic hydroxyl groups excluding tert-OH is 1. The molecule has 4 aliphatic rings. The molecule has 4 rings (SSSR count). The van der Waals surface area contributed by atoms with E-state index in [0.717, 1.165) is 0 Å². The summed E-state index contributed by atoms with van der Waals surface area (Å²) in [7, 11) is 0. The third-order valence-corrected chi connectivity index (χ3v) is 18.2. The fourth-order valence-electron chi connectivity index (χ4n) is 12.6. The molecule has 0 radical (unpaired) electrons. The molecule has 0 saturated carbocycles. The van der Waals surface area contributed by atoms with Gasteiger partial charge in [-0.05, 0) is 153 Å². The molecule has 0 aromatic carbocycles. The number of amides is 12. The molecule has 94 heavy (non-hydrogen) atoms. The Morgan fingerprint density at radius 1 is 0.468 bits per heavy atom. The average Bonchev–Trinajstić information content (AvgIpc) is 1.62. The number of nitrogens with zero attached hydrogens (tertiary/aromatic N) is 4. The first-order valence-electron chi connectivity index (χ1n) is 34.0. The van der Waals surface area contributed by atoms with Gasteiger partial charge < -0.3 is 95.7 Å². The molecule has 4 fully saturated rings. The van der Waals surface area contributed by atoms with Crippen molar-refractivity contribution in [2.24, 2.45) is 46.4 Å². The van der Waals surface area contributed by atoms with Crippen LogP contribution in [-0.4, -0.2) is 232 Å². The number of aliphatic hydroxyl groups is 1. The van der Waals surface area contributed by atoms with Crippen LogP contribution in [0.5, 0.6) is 0 Å². The van der Waals surface area contributed by atoms with E-state index in [1.807, 2.05) is 13.8 Å². The Morgan fingerprint density at radius 3 is 1.36 bits per heavy atom. The number of nitrogens with one attached hydrogen (secondary N) is 7. The smallest absolute Gasteiger partial charge is 0.326 e. The van der Waals surface area contributed by atoms with Crippen molar-refractivity contribution in [1.29, 1.82) is 0 Å². The summed E-state index contributed by atoms with van der Waals surface area (Å²) in [6.07, 6.45) is 6.16. The number of primary amides is 1. The van der Waals surface area contributed by atoms with Gasteiger partial charge in [0.15, 0.2) is 0 Å². The minimum absolute atomic E-state index is 0.0890. The third-order valence-electron chi connectivity index (χ3n) is 18.2. The highest BCUT2D eigenvalue weighted by Gasteiger charge is 2.47. The van der Waals surface area contributed by atoms with Gasteiger partial charge in [-0.3, -0.25) is 57.5 Å². The highest BCUT2D eigenvalue weighted by atomic mass is 16.4. The normalized spacial score (nSPS) is 20.9. The molecular weight excluding hydrogens is 1220 g/mol. The summed E-state index contributed by atoms with van der Waals surface area (Å²) in [6, 6.07) is -14.1. The Balaban J connectivity index is 1.51. The van der Waals surface area contributed by atoms with E-state index in [4.69, 9.17) is 28.7 Å². The molecule has 19 N–H and O–H groups in total. The van der Waals surface area contributed by atoms with Crippen LogP contribution in [0.3, 0.4) is 0 Å². The molecule has 532 valence electrons. The Morgan fingerprint density at radius 2 is 0.872 bits per heavy atom. The van der Waals surface area contributed by atoms with Gasteiger partial charge in [0.05, 0.1) is 12.6 Å². The largest absolute Gasteiger partial charge is 0.480 e. The zero-order valence-electron chi connectivity index (χ0n) is 56.0. The molecule has 0 spiro atoms. The molecule has 0 aliphatic carbocycles. The van der Waals surface area contributed by atoms with Crippen LogP contribution >= 0.6 is 0 Å². The Bertz CT molecular complexity index is 2600. The zero-order valence-corrected chi connectivity index (χ0v) is 56.0. The second-order valence-electron chi connectivity index (χ2n) is 26.3. The van der Waals surface area contributed by atoms with Crippen molar-refractivity contribution in [2.45, 2.75) is 249 Å². The van der Waals surface area contributed by atoms with Crippen LogP contribution in [0.4, 0.5) is 0 Å². The van der Waals surface area contributed by atoms with E-state index in [0.29, 0.717) is 90.0 Å². The van der Waals surface area contributed by atoms with E-state index in [1.165, 1.54) is 19.6 Å². The summed E-state index contributed by atoms with van der Waals surface area (Å²) in [5, 5.41) is 38.4. The molecule has 0 unspecified atom stereocenters. The molecule has 4 saturated heterocycles. The Hall–Kier alpha value is -7.09. The van der Waals surface area contributed by atoms with Crippen molar-refractivity contribution in [3.63, 3.8) is 0 Å². The van der Waals surface area contributed by atoms with Gasteiger partial charge >= 0.3 is 5.97 Å². The monoisotopic (exact) mass is 1330 g/mol. The number of hydrogen-bond acceptors (Lipinski definition) is 18. The molecule has 4 aliphatic heterocycles. The molecule has 12 amide bonds. The number of likely N-dealkylation sites (tertiary alicyclic amines) is 4.